The predicted octanol–water partition coefficient (Wildman–Crippen LogP) is 2.28. The first-order valence-electron chi connectivity index (χ1n) is 9.50. The van der Waals surface area contributed by atoms with E-state index in [-0.39, 0.29) is 6.54 Å². The quantitative estimate of drug-likeness (QED) is 0.561. The van der Waals surface area contributed by atoms with Crippen LogP contribution in [0.4, 0.5) is 18.9 Å². The van der Waals surface area contributed by atoms with Gasteiger partial charge in [0.1, 0.15) is 5.75 Å². The average Bonchev–Trinajstić information content (AvgIpc) is 2.66. The summed E-state index contributed by atoms with van der Waals surface area (Å²) in [5, 5.41) is 3.24. The fourth-order valence-electron chi connectivity index (χ4n) is 3.11. The van der Waals surface area contributed by atoms with Gasteiger partial charge in [-0.1, -0.05) is 0 Å². The van der Waals surface area contributed by atoms with Gasteiger partial charge in [0.25, 0.3) is 0 Å². The summed E-state index contributed by atoms with van der Waals surface area (Å²) < 4.78 is 42.4. The van der Waals surface area contributed by atoms with Gasteiger partial charge in [-0.15, -0.1) is 0 Å². The standard InChI is InChI=1S/C19H30F3N5O/c1-4-23-18(24-9-10-25(2)15-19(20,21)22)27-13-11-26(12-14-27)16-5-7-17(28-3)8-6-16/h5-8H,4,9-15H2,1-3H3,(H,23,24). The van der Waals surface area contributed by atoms with E-state index in [9.17, 15) is 13.2 Å². The molecule has 2 rings (SSSR count). The second-order valence-corrected chi connectivity index (χ2v) is 6.76. The topological polar surface area (TPSA) is 43.3 Å². The van der Waals surface area contributed by atoms with Crippen molar-refractivity contribution in [2.75, 3.05) is 71.4 Å². The number of alkyl halides is 3. The minimum atomic E-state index is -4.18. The van der Waals surface area contributed by atoms with Crippen LogP contribution in [0.5, 0.6) is 5.75 Å². The lowest BCUT2D eigenvalue weighted by Gasteiger charge is -2.37. The molecule has 28 heavy (non-hydrogen) atoms. The molecule has 1 fully saturated rings. The summed E-state index contributed by atoms with van der Waals surface area (Å²) >= 11 is 0. The highest BCUT2D eigenvalue weighted by atomic mass is 19.4. The van der Waals surface area contributed by atoms with E-state index in [1.807, 2.05) is 31.2 Å². The number of benzene rings is 1. The van der Waals surface area contributed by atoms with Crippen LogP contribution in [0.25, 0.3) is 0 Å². The molecule has 1 aromatic carbocycles. The van der Waals surface area contributed by atoms with E-state index >= 15 is 0 Å². The molecule has 0 amide bonds. The van der Waals surface area contributed by atoms with Gasteiger partial charge < -0.3 is 19.9 Å². The number of guanidine groups is 1. The summed E-state index contributed by atoms with van der Waals surface area (Å²) in [5.41, 5.74) is 1.15. The highest BCUT2D eigenvalue weighted by Gasteiger charge is 2.28. The molecular weight excluding hydrogens is 371 g/mol. The number of rotatable bonds is 7. The predicted molar refractivity (Wildman–Crippen MR) is 106 cm³/mol. The summed E-state index contributed by atoms with van der Waals surface area (Å²) in [6.45, 7) is 5.68. The molecule has 1 aliphatic rings. The monoisotopic (exact) mass is 401 g/mol. The SMILES string of the molecule is CCNC(=NCCN(C)CC(F)(F)F)N1CCN(c2ccc(OC)cc2)CC1. The van der Waals surface area contributed by atoms with Crippen LogP contribution in [0.3, 0.4) is 0 Å². The van der Waals surface area contributed by atoms with Crippen molar-refractivity contribution in [3.63, 3.8) is 0 Å². The largest absolute Gasteiger partial charge is 0.497 e. The van der Waals surface area contributed by atoms with Crippen molar-refractivity contribution in [3.05, 3.63) is 24.3 Å². The summed E-state index contributed by atoms with van der Waals surface area (Å²) in [6.07, 6.45) is -4.18. The van der Waals surface area contributed by atoms with Gasteiger partial charge in [0, 0.05) is 45.0 Å². The Balaban J connectivity index is 1.87. The van der Waals surface area contributed by atoms with Gasteiger partial charge in [-0.05, 0) is 38.2 Å². The second-order valence-electron chi connectivity index (χ2n) is 6.76. The molecule has 0 aromatic heterocycles. The summed E-state index contributed by atoms with van der Waals surface area (Å²) in [4.78, 5) is 10.2. The van der Waals surface area contributed by atoms with Crippen molar-refractivity contribution in [1.29, 1.82) is 0 Å². The third-order valence-electron chi connectivity index (χ3n) is 4.54. The van der Waals surface area contributed by atoms with E-state index < -0.39 is 12.7 Å². The lowest BCUT2D eigenvalue weighted by atomic mass is 10.2. The summed E-state index contributed by atoms with van der Waals surface area (Å²) in [6, 6.07) is 7.99. The number of piperazine rings is 1. The van der Waals surface area contributed by atoms with Gasteiger partial charge >= 0.3 is 6.18 Å². The molecule has 0 aliphatic carbocycles. The van der Waals surface area contributed by atoms with Crippen molar-refractivity contribution in [2.45, 2.75) is 13.1 Å². The number of halogens is 3. The fraction of sp³-hybridized carbons (Fsp3) is 0.632. The van der Waals surface area contributed by atoms with Crippen molar-refractivity contribution < 1.29 is 17.9 Å². The van der Waals surface area contributed by atoms with Crippen LogP contribution in [-0.2, 0) is 0 Å². The van der Waals surface area contributed by atoms with Gasteiger partial charge in [0.15, 0.2) is 5.96 Å². The van der Waals surface area contributed by atoms with Crippen LogP contribution < -0.4 is 15.0 Å². The highest BCUT2D eigenvalue weighted by molar-refractivity contribution is 5.80. The number of hydrogen-bond donors (Lipinski definition) is 1. The van der Waals surface area contributed by atoms with E-state index in [1.54, 1.807) is 7.11 Å². The summed E-state index contributed by atoms with van der Waals surface area (Å²) in [7, 11) is 3.11. The average molecular weight is 401 g/mol. The zero-order valence-corrected chi connectivity index (χ0v) is 16.8. The Labute approximate surface area is 165 Å². The molecule has 0 bridgehead atoms. The molecular formula is C19H30F3N5O. The molecule has 0 spiro atoms. The van der Waals surface area contributed by atoms with Gasteiger partial charge in [0.2, 0.25) is 0 Å². The van der Waals surface area contributed by atoms with E-state index in [2.05, 4.69) is 20.1 Å². The number of likely N-dealkylation sites (N-methyl/N-ethyl adjacent to an activating group) is 1. The maximum absolute atomic E-state index is 12.4. The van der Waals surface area contributed by atoms with Crippen LogP contribution in [0.1, 0.15) is 6.92 Å². The lowest BCUT2D eigenvalue weighted by molar-refractivity contribution is -0.142. The first kappa shape index (κ1) is 22.1. The first-order valence-corrected chi connectivity index (χ1v) is 9.50. The maximum Gasteiger partial charge on any atom is 0.401 e. The molecule has 0 radical (unpaired) electrons. The Morgan fingerprint density at radius 3 is 2.36 bits per heavy atom. The third-order valence-corrected chi connectivity index (χ3v) is 4.54. The Bertz CT molecular complexity index is 613. The van der Waals surface area contributed by atoms with Crippen molar-refractivity contribution >= 4 is 11.6 Å². The highest BCUT2D eigenvalue weighted by Crippen LogP contribution is 2.20. The number of hydrogen-bond acceptors (Lipinski definition) is 4. The Morgan fingerprint density at radius 2 is 1.82 bits per heavy atom. The molecule has 1 heterocycles. The van der Waals surface area contributed by atoms with Crippen molar-refractivity contribution in [3.8, 4) is 5.75 Å². The van der Waals surface area contributed by atoms with E-state index in [0.29, 0.717) is 6.54 Å². The molecule has 0 unspecified atom stereocenters. The molecule has 0 saturated carbocycles. The molecule has 1 saturated heterocycles. The zero-order chi connectivity index (χ0) is 20.6. The van der Waals surface area contributed by atoms with E-state index in [1.165, 1.54) is 11.9 Å². The van der Waals surface area contributed by atoms with E-state index in [0.717, 1.165) is 50.1 Å². The minimum Gasteiger partial charge on any atom is -0.497 e. The number of methoxy groups -OCH3 is 1. The first-order chi connectivity index (χ1) is 13.3. The molecule has 158 valence electrons. The Kier molecular flexibility index (Phi) is 8.22. The molecule has 0 atom stereocenters. The molecule has 9 heteroatoms. The zero-order valence-electron chi connectivity index (χ0n) is 16.8. The number of anilines is 1. The van der Waals surface area contributed by atoms with Gasteiger partial charge in [0.05, 0.1) is 20.2 Å². The number of nitrogens with one attached hydrogen (secondary N) is 1. The number of aliphatic imine (C=N–C) groups is 1. The molecule has 1 N–H and O–H groups in total. The second kappa shape index (κ2) is 10.4. The van der Waals surface area contributed by atoms with Crippen LogP contribution >= 0.6 is 0 Å². The van der Waals surface area contributed by atoms with E-state index in [4.69, 9.17) is 4.74 Å². The smallest absolute Gasteiger partial charge is 0.401 e. The minimum absolute atomic E-state index is 0.264. The molecule has 6 nitrogen and oxygen atoms in total. The van der Waals surface area contributed by atoms with Crippen LogP contribution in [0.15, 0.2) is 29.3 Å². The van der Waals surface area contributed by atoms with Crippen LogP contribution in [-0.4, -0.2) is 88.5 Å². The van der Waals surface area contributed by atoms with Gasteiger partial charge in [-0.25, -0.2) is 0 Å². The Hall–Kier alpha value is -2.16. The normalized spacial score (nSPS) is 15.9. The third kappa shape index (κ3) is 7.10. The Morgan fingerprint density at radius 1 is 1.18 bits per heavy atom. The fourth-order valence-corrected chi connectivity index (χ4v) is 3.11. The number of nitrogens with zero attached hydrogens (tertiary/aromatic N) is 4. The van der Waals surface area contributed by atoms with Crippen molar-refractivity contribution in [1.82, 2.24) is 15.1 Å². The molecule has 1 aliphatic heterocycles. The van der Waals surface area contributed by atoms with Gasteiger partial charge in [-0.3, -0.25) is 9.89 Å². The lowest BCUT2D eigenvalue weighted by Crippen LogP contribution is -2.52. The molecule has 1 aromatic rings. The van der Waals surface area contributed by atoms with Gasteiger partial charge in [-0.2, -0.15) is 13.2 Å². The van der Waals surface area contributed by atoms with Crippen LogP contribution in [0, 0.1) is 0 Å². The summed E-state index contributed by atoms with van der Waals surface area (Å²) in [5.74, 6) is 1.59. The van der Waals surface area contributed by atoms with Crippen LogP contribution in [0.2, 0.25) is 0 Å². The number of ether oxygens (including phenoxy) is 1. The van der Waals surface area contributed by atoms with Crippen molar-refractivity contribution in [2.24, 2.45) is 4.99 Å². The maximum atomic E-state index is 12.4.